The third-order valence-electron chi connectivity index (χ3n) is 4.02. The molecule has 3 rings (SSSR count). The van der Waals surface area contributed by atoms with Gasteiger partial charge >= 0.3 is 5.97 Å². The van der Waals surface area contributed by atoms with Crippen LogP contribution in [-0.2, 0) is 11.2 Å². The summed E-state index contributed by atoms with van der Waals surface area (Å²) < 4.78 is 13.8. The average Bonchev–Trinajstić information content (AvgIpc) is 2.62. The van der Waals surface area contributed by atoms with E-state index in [-0.39, 0.29) is 12.0 Å². The molecule has 126 valence electrons. The number of carbonyl (C=O) groups is 2. The highest BCUT2D eigenvalue weighted by atomic mass is 19.1. The quantitative estimate of drug-likeness (QED) is 0.750. The number of aliphatic carboxylic acids is 1. The molecule has 0 unspecified atom stereocenters. The maximum atomic E-state index is 13.8. The van der Waals surface area contributed by atoms with Gasteiger partial charge in [-0.1, -0.05) is 54.6 Å². The molecule has 0 radical (unpaired) electrons. The molecular formula is C20H16FNO3. The Morgan fingerprint density at radius 1 is 0.960 bits per heavy atom. The Labute approximate surface area is 143 Å². The van der Waals surface area contributed by atoms with Gasteiger partial charge in [0.2, 0.25) is 0 Å². The third-order valence-corrected chi connectivity index (χ3v) is 4.02. The van der Waals surface area contributed by atoms with E-state index in [4.69, 9.17) is 0 Å². The van der Waals surface area contributed by atoms with E-state index in [1.807, 2.05) is 24.3 Å². The highest BCUT2D eigenvalue weighted by Gasteiger charge is 2.23. The predicted octanol–water partition coefficient (Wildman–Crippen LogP) is 3.40. The normalized spacial score (nSPS) is 11.9. The summed E-state index contributed by atoms with van der Waals surface area (Å²) in [4.78, 5) is 24.1. The van der Waals surface area contributed by atoms with Gasteiger partial charge in [-0.3, -0.25) is 4.79 Å². The van der Waals surface area contributed by atoms with E-state index < -0.39 is 23.7 Å². The Hall–Kier alpha value is -3.21. The lowest BCUT2D eigenvalue weighted by molar-refractivity contribution is -0.139. The Morgan fingerprint density at radius 2 is 1.64 bits per heavy atom. The number of benzene rings is 3. The van der Waals surface area contributed by atoms with Gasteiger partial charge in [0.05, 0.1) is 0 Å². The lowest BCUT2D eigenvalue weighted by Gasteiger charge is -2.16. The summed E-state index contributed by atoms with van der Waals surface area (Å²) in [6.45, 7) is 0. The fourth-order valence-electron chi connectivity index (χ4n) is 2.74. The molecular weight excluding hydrogens is 321 g/mol. The van der Waals surface area contributed by atoms with Crippen LogP contribution in [0.25, 0.3) is 10.8 Å². The lowest BCUT2D eigenvalue weighted by Crippen LogP contribution is -2.42. The van der Waals surface area contributed by atoms with Gasteiger partial charge in [0.25, 0.3) is 5.91 Å². The zero-order chi connectivity index (χ0) is 17.8. The number of amides is 1. The topological polar surface area (TPSA) is 66.4 Å². The standard InChI is InChI=1S/C20H16FNO3/c21-17-11-4-2-7-14(17)12-18(20(24)25)22-19(23)16-10-5-8-13-6-1-3-9-15(13)16/h1-11,18H,12H2,(H,22,23)(H,24,25)/t18-/m0/s1. The number of hydrogen-bond donors (Lipinski definition) is 2. The molecule has 0 aliphatic carbocycles. The molecule has 5 heteroatoms. The summed E-state index contributed by atoms with van der Waals surface area (Å²) in [7, 11) is 0. The van der Waals surface area contributed by atoms with Crippen LogP contribution in [0.1, 0.15) is 15.9 Å². The SMILES string of the molecule is O=C(N[C@@H](Cc1ccccc1F)C(=O)O)c1cccc2ccccc12. The summed E-state index contributed by atoms with van der Waals surface area (Å²) in [5.41, 5.74) is 0.631. The molecule has 0 saturated carbocycles. The number of nitrogens with one attached hydrogen (secondary N) is 1. The maximum Gasteiger partial charge on any atom is 0.326 e. The summed E-state index contributed by atoms with van der Waals surface area (Å²) in [6, 6.07) is 17.3. The van der Waals surface area contributed by atoms with Crippen molar-refractivity contribution in [2.24, 2.45) is 0 Å². The van der Waals surface area contributed by atoms with Crippen molar-refractivity contribution in [3.8, 4) is 0 Å². The van der Waals surface area contributed by atoms with Gasteiger partial charge < -0.3 is 10.4 Å². The van der Waals surface area contributed by atoms with Crippen LogP contribution >= 0.6 is 0 Å². The number of fused-ring (bicyclic) bond motifs is 1. The van der Waals surface area contributed by atoms with Crippen molar-refractivity contribution in [1.29, 1.82) is 0 Å². The first-order valence-corrected chi connectivity index (χ1v) is 7.81. The molecule has 1 atom stereocenters. The Kier molecular flexibility index (Phi) is 4.75. The summed E-state index contributed by atoms with van der Waals surface area (Å²) >= 11 is 0. The van der Waals surface area contributed by atoms with Crippen LogP contribution in [0.15, 0.2) is 66.7 Å². The number of rotatable bonds is 5. The second-order valence-corrected chi connectivity index (χ2v) is 5.69. The fraction of sp³-hybridized carbons (Fsp3) is 0.100. The molecule has 2 N–H and O–H groups in total. The fourth-order valence-corrected chi connectivity index (χ4v) is 2.74. The van der Waals surface area contributed by atoms with Crippen molar-refractivity contribution in [3.05, 3.63) is 83.7 Å². The van der Waals surface area contributed by atoms with Crippen LogP contribution in [0.3, 0.4) is 0 Å². The minimum Gasteiger partial charge on any atom is -0.480 e. The number of carboxylic acid groups (broad SMARTS) is 1. The Bertz CT molecular complexity index is 934. The van der Waals surface area contributed by atoms with Crippen LogP contribution < -0.4 is 5.32 Å². The molecule has 3 aromatic carbocycles. The molecule has 0 fully saturated rings. The van der Waals surface area contributed by atoms with Crippen molar-refractivity contribution in [2.45, 2.75) is 12.5 Å². The summed E-state index contributed by atoms with van der Waals surface area (Å²) in [5.74, 6) is -2.20. The van der Waals surface area contributed by atoms with Crippen LogP contribution in [-0.4, -0.2) is 23.0 Å². The lowest BCUT2D eigenvalue weighted by atomic mass is 10.0. The van der Waals surface area contributed by atoms with E-state index in [0.29, 0.717) is 5.56 Å². The molecule has 25 heavy (non-hydrogen) atoms. The molecule has 0 bridgehead atoms. The predicted molar refractivity (Wildman–Crippen MR) is 92.9 cm³/mol. The van der Waals surface area contributed by atoms with E-state index in [1.165, 1.54) is 18.2 Å². The first kappa shape index (κ1) is 16.6. The second-order valence-electron chi connectivity index (χ2n) is 5.69. The molecule has 0 aliphatic heterocycles. The first-order chi connectivity index (χ1) is 12.1. The van der Waals surface area contributed by atoms with Gasteiger partial charge in [-0.15, -0.1) is 0 Å². The van der Waals surface area contributed by atoms with Crippen LogP contribution in [0, 0.1) is 5.82 Å². The first-order valence-electron chi connectivity index (χ1n) is 7.81. The zero-order valence-corrected chi connectivity index (χ0v) is 13.3. The third kappa shape index (κ3) is 3.66. The highest BCUT2D eigenvalue weighted by Crippen LogP contribution is 2.19. The molecule has 0 heterocycles. The van der Waals surface area contributed by atoms with E-state index in [0.717, 1.165) is 10.8 Å². The molecule has 0 saturated heterocycles. The van der Waals surface area contributed by atoms with E-state index in [9.17, 15) is 19.1 Å². The number of halogens is 1. The number of hydrogen-bond acceptors (Lipinski definition) is 2. The molecule has 0 aromatic heterocycles. The summed E-state index contributed by atoms with van der Waals surface area (Å²) in [6.07, 6.45) is -0.126. The highest BCUT2D eigenvalue weighted by molar-refractivity contribution is 6.07. The van der Waals surface area contributed by atoms with Crippen molar-refractivity contribution < 1.29 is 19.1 Å². The van der Waals surface area contributed by atoms with Gasteiger partial charge in [0.1, 0.15) is 11.9 Å². The van der Waals surface area contributed by atoms with E-state index >= 15 is 0 Å². The van der Waals surface area contributed by atoms with Gasteiger partial charge in [0.15, 0.2) is 0 Å². The van der Waals surface area contributed by atoms with Crippen molar-refractivity contribution in [1.82, 2.24) is 5.32 Å². The number of carbonyl (C=O) groups excluding carboxylic acids is 1. The number of carboxylic acids is 1. The van der Waals surface area contributed by atoms with Crippen LogP contribution in [0.2, 0.25) is 0 Å². The zero-order valence-electron chi connectivity index (χ0n) is 13.3. The molecule has 0 spiro atoms. The van der Waals surface area contributed by atoms with E-state index in [2.05, 4.69) is 5.32 Å². The second kappa shape index (κ2) is 7.13. The minimum atomic E-state index is -1.22. The maximum absolute atomic E-state index is 13.8. The Morgan fingerprint density at radius 3 is 2.40 bits per heavy atom. The average molecular weight is 337 g/mol. The van der Waals surface area contributed by atoms with Crippen LogP contribution in [0.4, 0.5) is 4.39 Å². The molecule has 4 nitrogen and oxygen atoms in total. The van der Waals surface area contributed by atoms with Crippen molar-refractivity contribution in [3.63, 3.8) is 0 Å². The van der Waals surface area contributed by atoms with Gasteiger partial charge in [-0.05, 0) is 28.5 Å². The van der Waals surface area contributed by atoms with Crippen LogP contribution in [0.5, 0.6) is 0 Å². The molecule has 1 amide bonds. The smallest absolute Gasteiger partial charge is 0.326 e. The van der Waals surface area contributed by atoms with E-state index in [1.54, 1.807) is 24.3 Å². The largest absolute Gasteiger partial charge is 0.480 e. The van der Waals surface area contributed by atoms with Crippen molar-refractivity contribution >= 4 is 22.6 Å². The molecule has 3 aromatic rings. The van der Waals surface area contributed by atoms with Gasteiger partial charge in [-0.25, -0.2) is 9.18 Å². The van der Waals surface area contributed by atoms with Gasteiger partial charge in [0, 0.05) is 12.0 Å². The Balaban J connectivity index is 1.86. The van der Waals surface area contributed by atoms with Crippen molar-refractivity contribution in [2.75, 3.05) is 0 Å². The van der Waals surface area contributed by atoms with Gasteiger partial charge in [-0.2, -0.15) is 0 Å². The monoisotopic (exact) mass is 337 g/mol. The molecule has 0 aliphatic rings. The summed E-state index contributed by atoms with van der Waals surface area (Å²) in [5, 5.41) is 13.5. The minimum absolute atomic E-state index is 0.126.